The highest BCUT2D eigenvalue weighted by atomic mass is 16.5. The van der Waals surface area contributed by atoms with Gasteiger partial charge in [-0.25, -0.2) is 0 Å². The van der Waals surface area contributed by atoms with E-state index in [4.69, 9.17) is 10.5 Å². The Morgan fingerprint density at radius 3 is 2.44 bits per heavy atom. The molecule has 18 heavy (non-hydrogen) atoms. The smallest absolute Gasteiger partial charge is 0.0596 e. The Balaban J connectivity index is 2.11. The first-order valence-electron chi connectivity index (χ1n) is 6.72. The lowest BCUT2D eigenvalue weighted by molar-refractivity contribution is 0.0637. The van der Waals surface area contributed by atoms with E-state index in [1.54, 1.807) is 0 Å². The van der Waals surface area contributed by atoms with E-state index in [2.05, 4.69) is 37.9 Å². The van der Waals surface area contributed by atoms with Gasteiger partial charge in [-0.1, -0.05) is 12.1 Å². The molecule has 0 saturated heterocycles. The van der Waals surface area contributed by atoms with Crippen molar-refractivity contribution in [1.29, 1.82) is 0 Å². The number of likely N-dealkylation sites (N-methyl/N-ethyl adjacent to an activating group) is 1. The molecular weight excluding hydrogens is 224 g/mol. The van der Waals surface area contributed by atoms with E-state index in [9.17, 15) is 0 Å². The van der Waals surface area contributed by atoms with E-state index in [1.807, 2.05) is 12.1 Å². The molecule has 3 heteroatoms. The van der Waals surface area contributed by atoms with Crippen LogP contribution in [0.5, 0.6) is 0 Å². The van der Waals surface area contributed by atoms with Crippen molar-refractivity contribution in [2.45, 2.75) is 32.8 Å². The zero-order chi connectivity index (χ0) is 13.4. The van der Waals surface area contributed by atoms with E-state index in [0.29, 0.717) is 6.10 Å². The number of hydrogen-bond acceptors (Lipinski definition) is 3. The summed E-state index contributed by atoms with van der Waals surface area (Å²) in [5.41, 5.74) is 7.85. The molecule has 0 aliphatic carbocycles. The summed E-state index contributed by atoms with van der Waals surface area (Å²) < 4.78 is 5.53. The Bertz CT molecular complexity index is 322. The number of nitrogens with zero attached hydrogens (tertiary/aromatic N) is 1. The Morgan fingerprint density at radius 2 is 1.83 bits per heavy atom. The molecule has 0 aromatic heterocycles. The molecule has 1 aromatic carbocycles. The molecule has 0 amide bonds. The molecule has 1 rings (SSSR count). The van der Waals surface area contributed by atoms with Crippen LogP contribution in [0.1, 0.15) is 25.8 Å². The molecule has 3 nitrogen and oxygen atoms in total. The normalized spacial score (nSPS) is 11.4. The first-order chi connectivity index (χ1) is 8.58. The lowest BCUT2D eigenvalue weighted by Gasteiger charge is -2.17. The van der Waals surface area contributed by atoms with Crippen molar-refractivity contribution in [1.82, 2.24) is 4.90 Å². The minimum absolute atomic E-state index is 0.327. The molecule has 0 saturated carbocycles. The zero-order valence-electron chi connectivity index (χ0n) is 11.9. The third-order valence-corrected chi connectivity index (χ3v) is 2.91. The van der Waals surface area contributed by atoms with Crippen molar-refractivity contribution in [3.05, 3.63) is 29.8 Å². The Kier molecular flexibility index (Phi) is 6.76. The Hall–Kier alpha value is -1.06. The second-order valence-corrected chi connectivity index (χ2v) is 5.07. The molecule has 0 fully saturated rings. The summed E-state index contributed by atoms with van der Waals surface area (Å²) in [6.45, 7) is 7.06. The average molecular weight is 250 g/mol. The number of rotatable bonds is 8. The minimum Gasteiger partial charge on any atom is -0.399 e. The molecule has 0 aliphatic heterocycles. The fraction of sp³-hybridized carbons (Fsp3) is 0.600. The van der Waals surface area contributed by atoms with E-state index in [1.165, 1.54) is 12.0 Å². The number of nitrogens with two attached hydrogens (primary N) is 1. The van der Waals surface area contributed by atoms with E-state index in [0.717, 1.165) is 31.8 Å². The van der Waals surface area contributed by atoms with Gasteiger partial charge in [0, 0.05) is 12.2 Å². The lowest BCUT2D eigenvalue weighted by Crippen LogP contribution is -2.25. The van der Waals surface area contributed by atoms with Gasteiger partial charge in [0.15, 0.2) is 0 Å². The molecule has 0 spiro atoms. The number of nitrogen functional groups attached to an aromatic ring is 1. The largest absolute Gasteiger partial charge is 0.399 e. The van der Waals surface area contributed by atoms with Crippen molar-refractivity contribution < 1.29 is 4.74 Å². The summed E-state index contributed by atoms with van der Waals surface area (Å²) in [5.74, 6) is 0. The highest BCUT2D eigenvalue weighted by Crippen LogP contribution is 2.07. The average Bonchev–Trinajstić information content (AvgIpc) is 2.31. The van der Waals surface area contributed by atoms with Crippen molar-refractivity contribution in [2.75, 3.05) is 32.5 Å². The second-order valence-electron chi connectivity index (χ2n) is 5.07. The number of anilines is 1. The van der Waals surface area contributed by atoms with Crippen LogP contribution >= 0.6 is 0 Å². The molecule has 0 radical (unpaired) electrons. The lowest BCUT2D eigenvalue weighted by atomic mass is 10.1. The molecule has 0 bridgehead atoms. The third-order valence-electron chi connectivity index (χ3n) is 2.91. The van der Waals surface area contributed by atoms with Crippen molar-refractivity contribution in [3.63, 3.8) is 0 Å². The van der Waals surface area contributed by atoms with Crippen LogP contribution in [0.4, 0.5) is 5.69 Å². The van der Waals surface area contributed by atoms with Crippen LogP contribution in [0, 0.1) is 0 Å². The fourth-order valence-corrected chi connectivity index (χ4v) is 1.79. The first kappa shape index (κ1) is 15.0. The summed E-state index contributed by atoms with van der Waals surface area (Å²) in [6.07, 6.45) is 2.60. The molecule has 0 heterocycles. The second kappa shape index (κ2) is 8.11. The maximum Gasteiger partial charge on any atom is 0.0596 e. The summed E-state index contributed by atoms with van der Waals surface area (Å²) in [6, 6.07) is 8.15. The van der Waals surface area contributed by atoms with E-state index < -0.39 is 0 Å². The third kappa shape index (κ3) is 6.62. The monoisotopic (exact) mass is 250 g/mol. The van der Waals surface area contributed by atoms with Crippen molar-refractivity contribution >= 4 is 5.69 Å². The van der Waals surface area contributed by atoms with Crippen LogP contribution in [0.2, 0.25) is 0 Å². The molecule has 0 aliphatic rings. The van der Waals surface area contributed by atoms with Gasteiger partial charge in [-0.05, 0) is 58.0 Å². The first-order valence-corrected chi connectivity index (χ1v) is 6.72. The van der Waals surface area contributed by atoms with Gasteiger partial charge in [-0.3, -0.25) is 0 Å². The quantitative estimate of drug-likeness (QED) is 0.721. The molecular formula is C15H26N2O. The number of hydrogen-bond donors (Lipinski definition) is 1. The van der Waals surface area contributed by atoms with Crippen molar-refractivity contribution in [3.8, 4) is 0 Å². The van der Waals surface area contributed by atoms with Crippen LogP contribution in [0.15, 0.2) is 24.3 Å². The molecule has 0 atom stereocenters. The van der Waals surface area contributed by atoms with Crippen LogP contribution in [0.25, 0.3) is 0 Å². The Labute approximate surface area is 111 Å². The standard InChI is InChI=1S/C15H26N2O/c1-13(2)18-12-11-17(3)10-4-5-14-6-8-15(16)9-7-14/h6-9,13H,4-5,10-12,16H2,1-3H3. The summed E-state index contributed by atoms with van der Waals surface area (Å²) in [4.78, 5) is 2.32. The minimum atomic E-state index is 0.327. The zero-order valence-corrected chi connectivity index (χ0v) is 11.9. The van der Waals surface area contributed by atoms with Gasteiger partial charge in [0.1, 0.15) is 0 Å². The number of aryl methyl sites for hydroxylation is 1. The molecule has 2 N–H and O–H groups in total. The number of benzene rings is 1. The molecule has 1 aromatic rings. The highest BCUT2D eigenvalue weighted by Gasteiger charge is 2.00. The van der Waals surface area contributed by atoms with Crippen LogP contribution in [-0.2, 0) is 11.2 Å². The maximum atomic E-state index is 5.66. The van der Waals surface area contributed by atoms with Gasteiger partial charge < -0.3 is 15.4 Å². The Morgan fingerprint density at radius 1 is 1.17 bits per heavy atom. The number of ether oxygens (including phenoxy) is 1. The summed E-state index contributed by atoms with van der Waals surface area (Å²) in [5, 5.41) is 0. The van der Waals surface area contributed by atoms with Gasteiger partial charge in [-0.2, -0.15) is 0 Å². The predicted molar refractivity (Wildman–Crippen MR) is 77.8 cm³/mol. The van der Waals surface area contributed by atoms with Crippen LogP contribution < -0.4 is 5.73 Å². The topological polar surface area (TPSA) is 38.5 Å². The van der Waals surface area contributed by atoms with Gasteiger partial charge in [-0.15, -0.1) is 0 Å². The maximum absolute atomic E-state index is 5.66. The van der Waals surface area contributed by atoms with Gasteiger partial charge in [0.25, 0.3) is 0 Å². The predicted octanol–water partition coefficient (Wildman–Crippen LogP) is 2.56. The van der Waals surface area contributed by atoms with Gasteiger partial charge in [0.05, 0.1) is 12.7 Å². The van der Waals surface area contributed by atoms with E-state index in [-0.39, 0.29) is 0 Å². The van der Waals surface area contributed by atoms with Gasteiger partial charge >= 0.3 is 0 Å². The van der Waals surface area contributed by atoms with Crippen molar-refractivity contribution in [2.24, 2.45) is 0 Å². The molecule has 0 unspecified atom stereocenters. The van der Waals surface area contributed by atoms with Crippen LogP contribution in [-0.4, -0.2) is 37.7 Å². The molecule has 102 valence electrons. The SMILES string of the molecule is CC(C)OCCN(C)CCCc1ccc(N)cc1. The fourth-order valence-electron chi connectivity index (χ4n) is 1.79. The van der Waals surface area contributed by atoms with Crippen LogP contribution in [0.3, 0.4) is 0 Å². The summed E-state index contributed by atoms with van der Waals surface area (Å²) >= 11 is 0. The summed E-state index contributed by atoms with van der Waals surface area (Å²) in [7, 11) is 2.15. The highest BCUT2D eigenvalue weighted by molar-refractivity contribution is 5.39. The van der Waals surface area contributed by atoms with Gasteiger partial charge in [0.2, 0.25) is 0 Å². The van der Waals surface area contributed by atoms with E-state index >= 15 is 0 Å².